The minimum atomic E-state index is 0.997. The van der Waals surface area contributed by atoms with Gasteiger partial charge in [-0.15, -0.1) is 0 Å². The van der Waals surface area contributed by atoms with Crippen molar-refractivity contribution in [2.24, 2.45) is 23.7 Å². The molecule has 0 aliphatic heterocycles. The summed E-state index contributed by atoms with van der Waals surface area (Å²) in [5.41, 5.74) is 0. The fourth-order valence-corrected chi connectivity index (χ4v) is 3.42. The number of rotatable bonds is 6. The molecule has 1 aliphatic carbocycles. The van der Waals surface area contributed by atoms with Gasteiger partial charge in [0.2, 0.25) is 0 Å². The molecule has 0 saturated heterocycles. The minimum Gasteiger partial charge on any atom is -0.0651 e. The molecule has 1 rings (SSSR count). The van der Waals surface area contributed by atoms with E-state index in [1.54, 1.807) is 0 Å². The molecular formula is C15H30. The fraction of sp³-hybridized carbons (Fsp3) is 1.00. The standard InChI is InChI=1S/C15H30/c1-5-14(6-2)8-7-9-15-12(3)10-11-13(15)4/h12-15H,5-11H2,1-4H3. The monoisotopic (exact) mass is 210 g/mol. The first-order valence-electron chi connectivity index (χ1n) is 7.19. The lowest BCUT2D eigenvalue weighted by Gasteiger charge is -2.21. The molecule has 1 aliphatic rings. The largest absolute Gasteiger partial charge is 0.0651 e. The topological polar surface area (TPSA) is 0 Å². The zero-order valence-corrected chi connectivity index (χ0v) is 11.3. The molecule has 0 bridgehead atoms. The van der Waals surface area contributed by atoms with E-state index in [-0.39, 0.29) is 0 Å². The van der Waals surface area contributed by atoms with E-state index in [1.165, 1.54) is 44.9 Å². The van der Waals surface area contributed by atoms with Crippen LogP contribution in [-0.4, -0.2) is 0 Å². The molecule has 0 spiro atoms. The van der Waals surface area contributed by atoms with Gasteiger partial charge in [0.1, 0.15) is 0 Å². The smallest absolute Gasteiger partial charge is 0.0363 e. The van der Waals surface area contributed by atoms with Crippen LogP contribution in [0.15, 0.2) is 0 Å². The summed E-state index contributed by atoms with van der Waals surface area (Å²) in [5, 5.41) is 0. The molecule has 1 saturated carbocycles. The Balaban J connectivity index is 2.18. The highest BCUT2D eigenvalue weighted by molar-refractivity contribution is 4.79. The van der Waals surface area contributed by atoms with Crippen molar-refractivity contribution >= 4 is 0 Å². The Morgan fingerprint density at radius 3 is 2.00 bits per heavy atom. The van der Waals surface area contributed by atoms with Crippen LogP contribution in [-0.2, 0) is 0 Å². The van der Waals surface area contributed by atoms with Crippen LogP contribution in [0.5, 0.6) is 0 Å². The van der Waals surface area contributed by atoms with E-state index >= 15 is 0 Å². The van der Waals surface area contributed by atoms with Crippen molar-refractivity contribution < 1.29 is 0 Å². The summed E-state index contributed by atoms with van der Waals surface area (Å²) < 4.78 is 0. The minimum absolute atomic E-state index is 0.997. The zero-order valence-electron chi connectivity index (χ0n) is 11.3. The third-order valence-corrected chi connectivity index (χ3v) is 4.84. The molecule has 0 heteroatoms. The lowest BCUT2D eigenvalue weighted by Crippen LogP contribution is -2.11. The Kier molecular flexibility index (Phi) is 5.71. The molecule has 0 aromatic rings. The summed E-state index contributed by atoms with van der Waals surface area (Å²) in [7, 11) is 0. The predicted molar refractivity (Wildman–Crippen MR) is 69.0 cm³/mol. The Morgan fingerprint density at radius 2 is 1.53 bits per heavy atom. The van der Waals surface area contributed by atoms with Crippen molar-refractivity contribution in [2.45, 2.75) is 72.6 Å². The quantitative estimate of drug-likeness (QED) is 0.560. The van der Waals surface area contributed by atoms with E-state index in [0.29, 0.717) is 0 Å². The van der Waals surface area contributed by atoms with Gasteiger partial charge < -0.3 is 0 Å². The van der Waals surface area contributed by atoms with Crippen molar-refractivity contribution in [1.82, 2.24) is 0 Å². The molecule has 15 heavy (non-hydrogen) atoms. The van der Waals surface area contributed by atoms with E-state index in [4.69, 9.17) is 0 Å². The van der Waals surface area contributed by atoms with Gasteiger partial charge in [0.25, 0.3) is 0 Å². The molecule has 0 heterocycles. The van der Waals surface area contributed by atoms with Crippen LogP contribution in [0.3, 0.4) is 0 Å². The maximum atomic E-state index is 2.46. The maximum absolute atomic E-state index is 2.46. The number of hydrogen-bond donors (Lipinski definition) is 0. The van der Waals surface area contributed by atoms with Gasteiger partial charge in [-0.2, -0.15) is 0 Å². The van der Waals surface area contributed by atoms with Crippen LogP contribution in [0, 0.1) is 23.7 Å². The second-order valence-electron chi connectivity index (χ2n) is 5.81. The third kappa shape index (κ3) is 3.81. The molecule has 2 atom stereocenters. The molecule has 0 radical (unpaired) electrons. The second-order valence-corrected chi connectivity index (χ2v) is 5.81. The normalized spacial score (nSPS) is 31.4. The fourth-order valence-electron chi connectivity index (χ4n) is 3.42. The molecular weight excluding hydrogens is 180 g/mol. The van der Waals surface area contributed by atoms with Crippen molar-refractivity contribution in [2.75, 3.05) is 0 Å². The third-order valence-electron chi connectivity index (χ3n) is 4.84. The summed E-state index contributed by atoms with van der Waals surface area (Å²) in [6, 6.07) is 0. The van der Waals surface area contributed by atoms with Crippen LogP contribution in [0.4, 0.5) is 0 Å². The highest BCUT2D eigenvalue weighted by Crippen LogP contribution is 2.39. The summed E-state index contributed by atoms with van der Waals surface area (Å²) in [6.45, 7) is 9.61. The van der Waals surface area contributed by atoms with E-state index in [9.17, 15) is 0 Å². The van der Waals surface area contributed by atoms with Crippen LogP contribution in [0.1, 0.15) is 72.6 Å². The average molecular weight is 210 g/mol. The Morgan fingerprint density at radius 1 is 1.00 bits per heavy atom. The van der Waals surface area contributed by atoms with E-state index < -0.39 is 0 Å². The average Bonchev–Trinajstić information content (AvgIpc) is 2.55. The second kappa shape index (κ2) is 6.55. The van der Waals surface area contributed by atoms with Gasteiger partial charge >= 0.3 is 0 Å². The Labute approximate surface area is 96.8 Å². The highest BCUT2D eigenvalue weighted by Gasteiger charge is 2.29. The van der Waals surface area contributed by atoms with E-state index in [1.807, 2.05) is 0 Å². The van der Waals surface area contributed by atoms with Crippen LogP contribution >= 0.6 is 0 Å². The van der Waals surface area contributed by atoms with Gasteiger partial charge in [-0.25, -0.2) is 0 Å². The van der Waals surface area contributed by atoms with Crippen molar-refractivity contribution in [3.63, 3.8) is 0 Å². The molecule has 0 aromatic heterocycles. The Hall–Kier alpha value is 0. The molecule has 0 nitrogen and oxygen atoms in total. The molecule has 0 amide bonds. The maximum Gasteiger partial charge on any atom is -0.0363 e. The van der Waals surface area contributed by atoms with Crippen LogP contribution < -0.4 is 0 Å². The van der Waals surface area contributed by atoms with Gasteiger partial charge in [-0.1, -0.05) is 66.2 Å². The number of hydrogen-bond acceptors (Lipinski definition) is 0. The van der Waals surface area contributed by atoms with Gasteiger partial charge in [-0.3, -0.25) is 0 Å². The molecule has 0 N–H and O–H groups in total. The zero-order chi connectivity index (χ0) is 11.3. The summed E-state index contributed by atoms with van der Waals surface area (Å²) in [6.07, 6.45) is 10.2. The SMILES string of the molecule is CCC(CC)CCCC1C(C)CCC1C. The van der Waals surface area contributed by atoms with Gasteiger partial charge in [0, 0.05) is 0 Å². The first kappa shape index (κ1) is 13.1. The van der Waals surface area contributed by atoms with Crippen molar-refractivity contribution in [3.05, 3.63) is 0 Å². The molecule has 0 aromatic carbocycles. The summed E-state index contributed by atoms with van der Waals surface area (Å²) in [4.78, 5) is 0. The van der Waals surface area contributed by atoms with Crippen LogP contribution in [0.25, 0.3) is 0 Å². The lowest BCUT2D eigenvalue weighted by molar-refractivity contribution is 0.298. The molecule has 1 fully saturated rings. The van der Waals surface area contributed by atoms with Gasteiger partial charge in [0.05, 0.1) is 0 Å². The van der Waals surface area contributed by atoms with E-state index in [2.05, 4.69) is 27.7 Å². The summed E-state index contributed by atoms with van der Waals surface area (Å²) in [5.74, 6) is 4.04. The van der Waals surface area contributed by atoms with Gasteiger partial charge in [-0.05, 0) is 30.1 Å². The lowest BCUT2D eigenvalue weighted by atomic mass is 9.85. The van der Waals surface area contributed by atoms with Gasteiger partial charge in [0.15, 0.2) is 0 Å². The first-order chi connectivity index (χ1) is 7.19. The van der Waals surface area contributed by atoms with Crippen molar-refractivity contribution in [1.29, 1.82) is 0 Å². The predicted octanol–water partition coefficient (Wildman–Crippen LogP) is 5.28. The first-order valence-corrected chi connectivity index (χ1v) is 7.19. The Bertz CT molecular complexity index is 147. The molecule has 90 valence electrons. The highest BCUT2D eigenvalue weighted by atomic mass is 14.3. The summed E-state index contributed by atoms with van der Waals surface area (Å²) >= 11 is 0. The van der Waals surface area contributed by atoms with Crippen LogP contribution in [0.2, 0.25) is 0 Å². The van der Waals surface area contributed by atoms with E-state index in [0.717, 1.165) is 23.7 Å². The van der Waals surface area contributed by atoms with Crippen molar-refractivity contribution in [3.8, 4) is 0 Å². The molecule has 2 unspecified atom stereocenters.